The fourth-order valence-corrected chi connectivity index (χ4v) is 4.84. The molecule has 1 atom stereocenters. The molecule has 0 spiro atoms. The Morgan fingerprint density at radius 2 is 1.86 bits per heavy atom. The van der Waals surface area contributed by atoms with Crippen molar-refractivity contribution in [3.8, 4) is 11.5 Å². The van der Waals surface area contributed by atoms with Gasteiger partial charge in [-0.3, -0.25) is 19.5 Å². The van der Waals surface area contributed by atoms with Gasteiger partial charge in [-0.2, -0.15) is 0 Å². The summed E-state index contributed by atoms with van der Waals surface area (Å²) in [5.74, 6) is -2.81. The van der Waals surface area contributed by atoms with E-state index >= 15 is 0 Å². The second kappa shape index (κ2) is 10.2. The molecule has 0 saturated carbocycles. The third-order valence-electron chi connectivity index (χ3n) is 5.45. The lowest BCUT2D eigenvalue weighted by Gasteiger charge is -2.23. The molecular formula is C25H23N3O7S. The molecule has 1 aromatic carbocycles. The first-order chi connectivity index (χ1) is 17.3. The number of phenols is 1. The summed E-state index contributed by atoms with van der Waals surface area (Å²) in [5.41, 5.74) is 0.838. The molecule has 2 N–H and O–H groups in total. The normalized spacial score (nSPS) is 16.9. The Hall–Kier alpha value is -4.25. The van der Waals surface area contributed by atoms with Gasteiger partial charge in [-0.1, -0.05) is 17.4 Å². The first-order valence-corrected chi connectivity index (χ1v) is 11.9. The van der Waals surface area contributed by atoms with Gasteiger partial charge in [-0.25, -0.2) is 9.78 Å². The van der Waals surface area contributed by atoms with E-state index in [9.17, 15) is 24.6 Å². The van der Waals surface area contributed by atoms with Crippen molar-refractivity contribution >= 4 is 39.9 Å². The second-order valence-electron chi connectivity index (χ2n) is 7.70. The van der Waals surface area contributed by atoms with Crippen LogP contribution in [0, 0.1) is 6.92 Å². The highest BCUT2D eigenvalue weighted by Gasteiger charge is 2.48. The smallest absolute Gasteiger partial charge is 0.350 e. The van der Waals surface area contributed by atoms with Gasteiger partial charge < -0.3 is 19.7 Å². The number of hydrogen-bond donors (Lipinski definition) is 2. The number of carbonyl (C=O) groups is 3. The highest BCUT2D eigenvalue weighted by Crippen LogP contribution is 2.45. The van der Waals surface area contributed by atoms with Gasteiger partial charge >= 0.3 is 11.9 Å². The lowest BCUT2D eigenvalue weighted by atomic mass is 9.95. The number of phenolic OH excluding ortho intramolecular Hbond substituents is 1. The number of hydrogen-bond acceptors (Lipinski definition) is 10. The van der Waals surface area contributed by atoms with E-state index in [1.807, 2.05) is 0 Å². The molecule has 1 fully saturated rings. The van der Waals surface area contributed by atoms with Crippen molar-refractivity contribution < 1.29 is 34.1 Å². The minimum absolute atomic E-state index is 0.0856. The number of anilines is 1. The fraction of sp³-hybridized carbons (Fsp3) is 0.240. The summed E-state index contributed by atoms with van der Waals surface area (Å²) in [5, 5.41) is 21.4. The number of esters is 1. The van der Waals surface area contributed by atoms with Crippen LogP contribution in [-0.4, -0.2) is 51.1 Å². The van der Waals surface area contributed by atoms with E-state index in [1.54, 1.807) is 20.8 Å². The minimum atomic E-state index is -1.11. The number of carbonyl (C=O) groups excluding carboxylic acids is 3. The van der Waals surface area contributed by atoms with E-state index in [1.165, 1.54) is 42.7 Å². The van der Waals surface area contributed by atoms with Gasteiger partial charge in [0.15, 0.2) is 16.6 Å². The maximum absolute atomic E-state index is 13.3. The zero-order valence-electron chi connectivity index (χ0n) is 19.7. The van der Waals surface area contributed by atoms with Crippen LogP contribution in [0.3, 0.4) is 0 Å². The number of aliphatic hydroxyl groups is 1. The van der Waals surface area contributed by atoms with Crippen molar-refractivity contribution in [2.24, 2.45) is 0 Å². The number of pyridine rings is 1. The number of amides is 1. The Kier molecular flexibility index (Phi) is 7.02. The highest BCUT2D eigenvalue weighted by molar-refractivity contribution is 7.17. The number of nitrogens with zero attached hydrogens (tertiary/aromatic N) is 3. The number of aromatic nitrogens is 2. The molecule has 1 aliphatic heterocycles. The van der Waals surface area contributed by atoms with Gasteiger partial charge in [0.25, 0.3) is 5.78 Å². The SMILES string of the molecule is CCOC(=O)c1sc(N2C(=O)C(=O)C(=C(O)c3ccncc3)C2c2ccc(O)c(OCC)c2)nc1C. The zero-order valence-corrected chi connectivity index (χ0v) is 20.5. The molecule has 4 rings (SSSR count). The Bertz CT molecular complexity index is 1370. The third kappa shape index (κ3) is 4.40. The van der Waals surface area contributed by atoms with Crippen molar-refractivity contribution in [2.75, 3.05) is 18.1 Å². The molecule has 10 nitrogen and oxygen atoms in total. The van der Waals surface area contributed by atoms with E-state index in [0.29, 0.717) is 16.8 Å². The number of benzene rings is 1. The van der Waals surface area contributed by atoms with E-state index in [4.69, 9.17) is 9.47 Å². The van der Waals surface area contributed by atoms with Gasteiger partial charge in [0, 0.05) is 18.0 Å². The Morgan fingerprint density at radius 1 is 1.14 bits per heavy atom. The largest absolute Gasteiger partial charge is 0.507 e. The summed E-state index contributed by atoms with van der Waals surface area (Å²) < 4.78 is 10.6. The van der Waals surface area contributed by atoms with Crippen LogP contribution < -0.4 is 9.64 Å². The minimum Gasteiger partial charge on any atom is -0.507 e. The maximum Gasteiger partial charge on any atom is 0.350 e. The van der Waals surface area contributed by atoms with E-state index in [0.717, 1.165) is 16.2 Å². The molecule has 36 heavy (non-hydrogen) atoms. The molecule has 2 aromatic heterocycles. The number of aliphatic hydroxyl groups excluding tert-OH is 1. The van der Waals surface area contributed by atoms with Crippen molar-refractivity contribution in [1.29, 1.82) is 0 Å². The summed E-state index contributed by atoms with van der Waals surface area (Å²) in [6.07, 6.45) is 2.90. The standard InChI is InChI=1S/C25H23N3O7S/c1-4-34-17-12-15(6-7-16(17)29)19-18(20(30)14-8-10-26-11-9-14)21(31)23(32)28(19)25-27-13(3)22(36-25)24(33)35-5-2/h6-12,19,29-30H,4-5H2,1-3H3. The Labute approximate surface area is 210 Å². The van der Waals surface area contributed by atoms with Gasteiger partial charge in [-0.15, -0.1) is 0 Å². The van der Waals surface area contributed by atoms with Gasteiger partial charge in [0.2, 0.25) is 0 Å². The topological polar surface area (TPSA) is 139 Å². The summed E-state index contributed by atoms with van der Waals surface area (Å²) >= 11 is 0.909. The Balaban J connectivity index is 1.93. The number of ketones is 1. The molecule has 1 amide bonds. The first-order valence-electron chi connectivity index (χ1n) is 11.1. The summed E-state index contributed by atoms with van der Waals surface area (Å²) in [6, 6.07) is 6.30. The first kappa shape index (κ1) is 24.9. The number of rotatable bonds is 7. The summed E-state index contributed by atoms with van der Waals surface area (Å²) in [4.78, 5) is 48.6. The number of thiazole rings is 1. The van der Waals surface area contributed by atoms with E-state index in [2.05, 4.69) is 9.97 Å². The van der Waals surface area contributed by atoms with Crippen molar-refractivity contribution in [2.45, 2.75) is 26.8 Å². The zero-order chi connectivity index (χ0) is 26.0. The van der Waals surface area contributed by atoms with Gasteiger partial charge in [0.05, 0.1) is 30.5 Å². The highest BCUT2D eigenvalue weighted by atomic mass is 32.1. The molecule has 3 heterocycles. The summed E-state index contributed by atoms with van der Waals surface area (Å²) in [7, 11) is 0. The lowest BCUT2D eigenvalue weighted by molar-refractivity contribution is -0.132. The molecule has 0 radical (unpaired) electrons. The quantitative estimate of drug-likeness (QED) is 0.211. The van der Waals surface area contributed by atoms with Crippen LogP contribution in [0.5, 0.6) is 11.5 Å². The number of aryl methyl sites for hydroxylation is 1. The van der Waals surface area contributed by atoms with Gasteiger partial charge in [-0.05, 0) is 50.6 Å². The second-order valence-corrected chi connectivity index (χ2v) is 8.67. The maximum atomic E-state index is 13.3. The van der Waals surface area contributed by atoms with Crippen LogP contribution in [0.1, 0.15) is 46.4 Å². The molecule has 186 valence electrons. The Morgan fingerprint density at radius 3 is 2.53 bits per heavy atom. The molecule has 3 aromatic rings. The summed E-state index contributed by atoms with van der Waals surface area (Å²) in [6.45, 7) is 5.45. The average molecular weight is 510 g/mol. The number of aromatic hydroxyl groups is 1. The molecule has 0 aliphatic carbocycles. The van der Waals surface area contributed by atoms with E-state index < -0.39 is 29.5 Å². The predicted octanol–water partition coefficient (Wildman–Crippen LogP) is 3.75. The van der Waals surface area contributed by atoms with Crippen LogP contribution in [0.4, 0.5) is 5.13 Å². The van der Waals surface area contributed by atoms with Crippen LogP contribution in [-0.2, 0) is 14.3 Å². The number of Topliss-reactive ketones (excluding diaryl/α,β-unsaturated/α-hetero) is 1. The van der Waals surface area contributed by atoms with Gasteiger partial charge in [0.1, 0.15) is 10.6 Å². The van der Waals surface area contributed by atoms with E-state index in [-0.39, 0.29) is 40.3 Å². The molecule has 1 saturated heterocycles. The monoisotopic (exact) mass is 509 g/mol. The average Bonchev–Trinajstić information content (AvgIpc) is 3.37. The van der Waals surface area contributed by atoms with Crippen LogP contribution >= 0.6 is 11.3 Å². The lowest BCUT2D eigenvalue weighted by Crippen LogP contribution is -2.29. The van der Waals surface area contributed by atoms with Crippen LogP contribution in [0.25, 0.3) is 5.76 Å². The molecular weight excluding hydrogens is 486 g/mol. The van der Waals surface area contributed by atoms with Crippen molar-refractivity contribution in [3.63, 3.8) is 0 Å². The predicted molar refractivity (Wildman–Crippen MR) is 131 cm³/mol. The molecule has 1 unspecified atom stereocenters. The number of ether oxygens (including phenoxy) is 2. The molecule has 11 heteroatoms. The molecule has 1 aliphatic rings. The van der Waals surface area contributed by atoms with Crippen LogP contribution in [0.15, 0.2) is 48.3 Å². The van der Waals surface area contributed by atoms with Crippen molar-refractivity contribution in [3.05, 3.63) is 70.0 Å². The van der Waals surface area contributed by atoms with Crippen molar-refractivity contribution in [1.82, 2.24) is 9.97 Å². The fourth-order valence-electron chi connectivity index (χ4n) is 3.85. The third-order valence-corrected chi connectivity index (χ3v) is 6.59. The molecule has 0 bridgehead atoms. The van der Waals surface area contributed by atoms with Crippen LogP contribution in [0.2, 0.25) is 0 Å².